The lowest BCUT2D eigenvalue weighted by molar-refractivity contribution is 0.0973. The van der Waals surface area contributed by atoms with E-state index in [-0.39, 0.29) is 23.5 Å². The smallest absolute Gasteiger partial charge is 0.329 e. The molecule has 1 aromatic carbocycles. The molecule has 1 aliphatic rings. The van der Waals surface area contributed by atoms with Crippen molar-refractivity contribution in [2.45, 2.75) is 32.2 Å². The molecular formula is C21H25N5O4. The summed E-state index contributed by atoms with van der Waals surface area (Å²) in [6, 6.07) is 6.86. The highest BCUT2D eigenvalue weighted by atomic mass is 16.5. The minimum absolute atomic E-state index is 0.0457. The number of imidazole rings is 1. The van der Waals surface area contributed by atoms with E-state index in [1.807, 2.05) is 0 Å². The van der Waals surface area contributed by atoms with Crippen molar-refractivity contribution < 1.29 is 9.53 Å². The van der Waals surface area contributed by atoms with Gasteiger partial charge in [-0.1, -0.05) is 12.8 Å². The number of ketones is 1. The van der Waals surface area contributed by atoms with Crippen LogP contribution in [0.1, 0.15) is 36.0 Å². The number of nitrogens with zero attached hydrogens (tertiary/aromatic N) is 4. The van der Waals surface area contributed by atoms with Crippen molar-refractivity contribution in [2.75, 3.05) is 25.1 Å². The maximum absolute atomic E-state index is 13.0. The predicted octanol–water partition coefficient (Wildman–Crippen LogP) is 1.70. The van der Waals surface area contributed by atoms with Crippen LogP contribution < -0.4 is 20.9 Å². The molecule has 1 aliphatic heterocycles. The van der Waals surface area contributed by atoms with Crippen LogP contribution in [0.2, 0.25) is 0 Å². The molecule has 9 nitrogen and oxygen atoms in total. The first-order chi connectivity index (χ1) is 14.5. The van der Waals surface area contributed by atoms with E-state index in [1.165, 1.54) is 4.57 Å². The third-order valence-corrected chi connectivity index (χ3v) is 5.59. The van der Waals surface area contributed by atoms with Gasteiger partial charge in [0, 0.05) is 25.7 Å². The number of ether oxygens (including phenoxy) is 1. The number of Topliss-reactive ketones (excluding diaryl/α,β-unsaturated/α-hetero) is 1. The molecule has 0 unspecified atom stereocenters. The van der Waals surface area contributed by atoms with E-state index in [0.717, 1.165) is 38.8 Å². The van der Waals surface area contributed by atoms with E-state index >= 15 is 0 Å². The van der Waals surface area contributed by atoms with Gasteiger partial charge in [0.15, 0.2) is 16.9 Å². The van der Waals surface area contributed by atoms with Gasteiger partial charge < -0.3 is 9.64 Å². The number of aromatic amines is 1. The highest BCUT2D eigenvalue weighted by Crippen LogP contribution is 2.23. The Balaban J connectivity index is 1.82. The molecule has 1 N–H and O–H groups in total. The zero-order chi connectivity index (χ0) is 21.3. The van der Waals surface area contributed by atoms with E-state index in [0.29, 0.717) is 17.3 Å². The molecule has 0 atom stereocenters. The minimum Gasteiger partial charge on any atom is -0.497 e. The van der Waals surface area contributed by atoms with E-state index < -0.39 is 11.2 Å². The first kappa shape index (κ1) is 19.9. The Labute approximate surface area is 172 Å². The number of aryl methyl sites for hydroxylation is 1. The Bertz CT molecular complexity index is 1180. The number of carbonyl (C=O) groups is 1. The van der Waals surface area contributed by atoms with E-state index in [2.05, 4.69) is 14.9 Å². The van der Waals surface area contributed by atoms with Crippen LogP contribution in [0, 0.1) is 0 Å². The fourth-order valence-electron chi connectivity index (χ4n) is 3.90. The number of fused-ring (bicyclic) bond motifs is 1. The fourth-order valence-corrected chi connectivity index (χ4v) is 3.90. The highest BCUT2D eigenvalue weighted by molar-refractivity contribution is 5.97. The fraction of sp³-hybridized carbons (Fsp3) is 0.429. The SMILES string of the molecule is COc1ccc(C(=O)Cn2c(N3CCCCCC3)nc3c2c(=O)[nH]c(=O)n3C)cc1. The quantitative estimate of drug-likeness (QED) is 0.641. The third-order valence-electron chi connectivity index (χ3n) is 5.59. The van der Waals surface area contributed by atoms with Crippen LogP contribution in [0.3, 0.4) is 0 Å². The Morgan fingerprint density at radius 1 is 1.10 bits per heavy atom. The minimum atomic E-state index is -0.538. The number of anilines is 1. The normalized spacial score (nSPS) is 14.7. The second-order valence-electron chi connectivity index (χ2n) is 7.54. The Hall–Kier alpha value is -3.36. The molecule has 0 amide bonds. The van der Waals surface area contributed by atoms with Gasteiger partial charge in [0.1, 0.15) is 5.75 Å². The summed E-state index contributed by atoms with van der Waals surface area (Å²) in [6.07, 6.45) is 4.32. The molecule has 9 heteroatoms. The van der Waals surface area contributed by atoms with Gasteiger partial charge in [-0.05, 0) is 37.1 Å². The lowest BCUT2D eigenvalue weighted by atomic mass is 10.1. The first-order valence-corrected chi connectivity index (χ1v) is 10.1. The van der Waals surface area contributed by atoms with Crippen LogP contribution in [0.4, 0.5) is 5.95 Å². The van der Waals surface area contributed by atoms with Gasteiger partial charge in [0.05, 0.1) is 13.7 Å². The van der Waals surface area contributed by atoms with Crippen LogP contribution in [0.5, 0.6) is 5.75 Å². The second kappa shape index (κ2) is 8.17. The van der Waals surface area contributed by atoms with E-state index in [9.17, 15) is 14.4 Å². The molecule has 3 heterocycles. The van der Waals surface area contributed by atoms with Crippen molar-refractivity contribution in [3.8, 4) is 5.75 Å². The van der Waals surface area contributed by atoms with Crippen molar-refractivity contribution in [3.05, 3.63) is 50.7 Å². The summed E-state index contributed by atoms with van der Waals surface area (Å²) < 4.78 is 8.11. The molecule has 0 radical (unpaired) electrons. The number of hydrogen-bond donors (Lipinski definition) is 1. The summed E-state index contributed by atoms with van der Waals surface area (Å²) in [6.45, 7) is 1.55. The number of aromatic nitrogens is 4. The molecule has 0 spiro atoms. The van der Waals surface area contributed by atoms with Crippen molar-refractivity contribution in [2.24, 2.45) is 7.05 Å². The van der Waals surface area contributed by atoms with Gasteiger partial charge in [-0.15, -0.1) is 0 Å². The largest absolute Gasteiger partial charge is 0.497 e. The molecule has 158 valence electrons. The highest BCUT2D eigenvalue weighted by Gasteiger charge is 2.24. The monoisotopic (exact) mass is 411 g/mol. The molecule has 0 bridgehead atoms. The average Bonchev–Trinajstić information content (AvgIpc) is 2.93. The van der Waals surface area contributed by atoms with Crippen molar-refractivity contribution in [1.82, 2.24) is 19.1 Å². The Kier molecular flexibility index (Phi) is 5.43. The van der Waals surface area contributed by atoms with Crippen LogP contribution >= 0.6 is 0 Å². The number of rotatable bonds is 5. The van der Waals surface area contributed by atoms with Crippen molar-refractivity contribution in [1.29, 1.82) is 0 Å². The average molecular weight is 411 g/mol. The number of benzene rings is 1. The summed E-state index contributed by atoms with van der Waals surface area (Å²) in [5.74, 6) is 1.07. The van der Waals surface area contributed by atoms with Crippen LogP contribution in [-0.2, 0) is 13.6 Å². The molecule has 3 aromatic rings. The number of H-pyrrole nitrogens is 1. The molecule has 4 rings (SSSR count). The van der Waals surface area contributed by atoms with Gasteiger partial charge in [0.2, 0.25) is 5.95 Å². The Morgan fingerprint density at radius 3 is 2.40 bits per heavy atom. The summed E-state index contributed by atoms with van der Waals surface area (Å²) in [5, 5.41) is 0. The number of hydrogen-bond acceptors (Lipinski definition) is 6. The van der Waals surface area contributed by atoms with E-state index in [1.54, 1.807) is 43.0 Å². The zero-order valence-corrected chi connectivity index (χ0v) is 17.2. The van der Waals surface area contributed by atoms with Gasteiger partial charge in [-0.25, -0.2) is 4.79 Å². The standard InChI is InChI=1S/C21H25N5O4/c1-24-18-17(19(28)23-21(24)29)26(20(22-18)25-11-5-3-4-6-12-25)13-16(27)14-7-9-15(30-2)10-8-14/h7-10H,3-6,11-13H2,1-2H3,(H,23,28,29). The van der Waals surface area contributed by atoms with Crippen LogP contribution in [-0.4, -0.2) is 45.1 Å². The maximum Gasteiger partial charge on any atom is 0.329 e. The molecule has 0 aliphatic carbocycles. The van der Waals surface area contributed by atoms with Gasteiger partial charge in [-0.2, -0.15) is 4.98 Å². The molecule has 2 aromatic heterocycles. The van der Waals surface area contributed by atoms with Crippen LogP contribution in [0.15, 0.2) is 33.9 Å². The second-order valence-corrected chi connectivity index (χ2v) is 7.54. The summed E-state index contributed by atoms with van der Waals surface area (Å²) in [4.78, 5) is 46.8. The van der Waals surface area contributed by atoms with Crippen molar-refractivity contribution >= 4 is 22.9 Å². The van der Waals surface area contributed by atoms with E-state index in [4.69, 9.17) is 4.74 Å². The van der Waals surface area contributed by atoms with Crippen molar-refractivity contribution in [3.63, 3.8) is 0 Å². The number of methoxy groups -OCH3 is 1. The summed E-state index contributed by atoms with van der Waals surface area (Å²) >= 11 is 0. The molecule has 0 saturated carbocycles. The lowest BCUT2D eigenvalue weighted by Crippen LogP contribution is -2.30. The molecule has 1 fully saturated rings. The first-order valence-electron chi connectivity index (χ1n) is 10.1. The van der Waals surface area contributed by atoms with Gasteiger partial charge in [-0.3, -0.25) is 23.7 Å². The van der Waals surface area contributed by atoms with Crippen LogP contribution in [0.25, 0.3) is 11.2 Å². The summed E-state index contributed by atoms with van der Waals surface area (Å²) in [7, 11) is 3.13. The molecule has 30 heavy (non-hydrogen) atoms. The number of carbonyl (C=O) groups excluding carboxylic acids is 1. The van der Waals surface area contributed by atoms with Gasteiger partial charge >= 0.3 is 5.69 Å². The molecule has 1 saturated heterocycles. The maximum atomic E-state index is 13.0. The number of nitrogens with one attached hydrogen (secondary N) is 1. The van der Waals surface area contributed by atoms with Gasteiger partial charge in [0.25, 0.3) is 5.56 Å². The lowest BCUT2D eigenvalue weighted by Gasteiger charge is -2.22. The molecular weight excluding hydrogens is 386 g/mol. The predicted molar refractivity (Wildman–Crippen MR) is 114 cm³/mol. The zero-order valence-electron chi connectivity index (χ0n) is 17.2. The Morgan fingerprint density at radius 2 is 1.77 bits per heavy atom. The topological polar surface area (TPSA) is 102 Å². The summed E-state index contributed by atoms with van der Waals surface area (Å²) in [5.41, 5.74) is -0.0327. The third kappa shape index (κ3) is 3.62.